The second-order valence-corrected chi connectivity index (χ2v) is 17.4. The zero-order valence-corrected chi connectivity index (χ0v) is 34.7. The van der Waals surface area contributed by atoms with Crippen LogP contribution in [0.15, 0.2) is 93.5 Å². The van der Waals surface area contributed by atoms with Crippen molar-refractivity contribution in [1.82, 2.24) is 0 Å². The van der Waals surface area contributed by atoms with E-state index >= 15 is 0 Å². The molecule has 0 atom stereocenters. The Morgan fingerprint density at radius 3 is 1.25 bits per heavy atom. The van der Waals surface area contributed by atoms with Crippen molar-refractivity contribution < 1.29 is 14.1 Å². The Bertz CT molecular complexity index is 1570. The van der Waals surface area contributed by atoms with Crippen molar-refractivity contribution in [1.29, 1.82) is 0 Å². The molecule has 4 rings (SSSR count). The Kier molecular flexibility index (Phi) is 17.5. The molecule has 0 aromatic heterocycles. The predicted molar refractivity (Wildman–Crippen MR) is 227 cm³/mol. The fourth-order valence-electron chi connectivity index (χ4n) is 7.54. The average molecular weight is 737 g/mol. The van der Waals surface area contributed by atoms with E-state index in [4.69, 9.17) is 4.18 Å². The van der Waals surface area contributed by atoms with Gasteiger partial charge in [-0.05, 0) is 145 Å². The highest BCUT2D eigenvalue weighted by Gasteiger charge is 2.43. The fraction of sp³-hybridized carbons (Fsp3) is 0.490. The third kappa shape index (κ3) is 10.8. The SMILES string of the molecule is CCCCc1cc(CCCC)c(S(OC(=O)c2ccccc2O)(c2ccccc2)c2c(CCCC)cc(CCCC)cc2CCCC)c(CCCC)c1. The summed E-state index contributed by atoms with van der Waals surface area (Å²) in [6.45, 7) is 13.6. The smallest absolute Gasteiger partial charge is 0.353 e. The van der Waals surface area contributed by atoms with Crippen molar-refractivity contribution in [2.75, 3.05) is 0 Å². The first-order valence-electron chi connectivity index (χ1n) is 21.1. The van der Waals surface area contributed by atoms with Gasteiger partial charge in [-0.3, -0.25) is 0 Å². The van der Waals surface area contributed by atoms with E-state index in [9.17, 15) is 9.90 Å². The van der Waals surface area contributed by atoms with Crippen molar-refractivity contribution >= 4 is 16.3 Å². The number of aryl methyl sites for hydroxylation is 6. The maximum atomic E-state index is 15.0. The third-order valence-electron chi connectivity index (χ3n) is 10.4. The van der Waals surface area contributed by atoms with Gasteiger partial charge in [-0.1, -0.05) is 135 Å². The molecule has 0 aliphatic heterocycles. The predicted octanol–water partition coefficient (Wildman–Crippen LogP) is 14.5. The van der Waals surface area contributed by atoms with Crippen LogP contribution in [0.3, 0.4) is 0 Å². The number of phenols is 1. The summed E-state index contributed by atoms with van der Waals surface area (Å²) in [5, 5.41) is 11.1. The Morgan fingerprint density at radius 2 is 0.868 bits per heavy atom. The first kappa shape index (κ1) is 42.2. The van der Waals surface area contributed by atoms with Crippen LogP contribution in [0.1, 0.15) is 162 Å². The molecule has 0 spiro atoms. The highest BCUT2D eigenvalue weighted by atomic mass is 32.3. The molecule has 0 fully saturated rings. The van der Waals surface area contributed by atoms with Gasteiger partial charge in [-0.25, -0.2) is 4.79 Å². The van der Waals surface area contributed by atoms with Crippen molar-refractivity contribution in [3.05, 3.63) is 118 Å². The quantitative estimate of drug-likeness (QED) is 0.0825. The van der Waals surface area contributed by atoms with Gasteiger partial charge in [0.1, 0.15) is 11.3 Å². The molecule has 53 heavy (non-hydrogen) atoms. The third-order valence-corrected chi connectivity index (χ3v) is 14.0. The summed E-state index contributed by atoms with van der Waals surface area (Å²) in [7, 11) is -2.68. The van der Waals surface area contributed by atoms with Crippen LogP contribution in [0, 0.1) is 0 Å². The van der Waals surface area contributed by atoms with E-state index in [0.717, 1.165) is 120 Å². The molecule has 1 N–H and O–H groups in total. The van der Waals surface area contributed by atoms with Gasteiger partial charge in [0.15, 0.2) is 0 Å². The number of carbonyl (C=O) groups excluding carboxylic acids is 1. The van der Waals surface area contributed by atoms with Crippen LogP contribution in [-0.2, 0) is 42.7 Å². The summed E-state index contributed by atoms with van der Waals surface area (Å²) in [6, 6.07) is 27.5. The van der Waals surface area contributed by atoms with E-state index in [-0.39, 0.29) is 11.3 Å². The highest BCUT2D eigenvalue weighted by molar-refractivity contribution is 8.30. The molecule has 4 aromatic carbocycles. The highest BCUT2D eigenvalue weighted by Crippen LogP contribution is 2.73. The first-order chi connectivity index (χ1) is 25.9. The maximum absolute atomic E-state index is 15.0. The summed E-state index contributed by atoms with van der Waals surface area (Å²) < 4.78 is 7.47. The van der Waals surface area contributed by atoms with Crippen LogP contribution in [0.4, 0.5) is 0 Å². The minimum absolute atomic E-state index is 0.0430. The molecule has 0 saturated carbocycles. The number of hydrogen-bond acceptors (Lipinski definition) is 3. The van der Waals surface area contributed by atoms with E-state index in [1.54, 1.807) is 18.2 Å². The second kappa shape index (κ2) is 22.0. The van der Waals surface area contributed by atoms with Crippen molar-refractivity contribution in [2.45, 2.75) is 172 Å². The van der Waals surface area contributed by atoms with Crippen LogP contribution < -0.4 is 0 Å². The van der Waals surface area contributed by atoms with Crippen LogP contribution in [-0.4, -0.2) is 11.1 Å². The molecule has 4 heteroatoms. The van der Waals surface area contributed by atoms with Gasteiger partial charge in [0, 0.05) is 14.7 Å². The van der Waals surface area contributed by atoms with Gasteiger partial charge in [-0.15, -0.1) is 0 Å². The van der Waals surface area contributed by atoms with E-state index in [1.807, 2.05) is 6.07 Å². The van der Waals surface area contributed by atoms with Crippen LogP contribution in [0.2, 0.25) is 0 Å². The molecule has 3 nitrogen and oxygen atoms in total. The fourth-order valence-corrected chi connectivity index (χ4v) is 11.5. The number of para-hydroxylation sites is 1. The minimum atomic E-state index is -2.68. The topological polar surface area (TPSA) is 46.5 Å². The molecular weight excluding hydrogens is 669 g/mol. The van der Waals surface area contributed by atoms with Gasteiger partial charge in [0.05, 0.1) is 0 Å². The van der Waals surface area contributed by atoms with Crippen molar-refractivity contribution in [3.8, 4) is 5.75 Å². The molecule has 0 unspecified atom stereocenters. The Hall–Kier alpha value is -3.50. The molecule has 0 saturated heterocycles. The second-order valence-electron chi connectivity index (χ2n) is 14.9. The lowest BCUT2D eigenvalue weighted by Crippen LogP contribution is -2.20. The average Bonchev–Trinajstić information content (AvgIpc) is 3.18. The lowest BCUT2D eigenvalue weighted by Gasteiger charge is -2.45. The van der Waals surface area contributed by atoms with Gasteiger partial charge in [0.2, 0.25) is 0 Å². The zero-order valence-electron chi connectivity index (χ0n) is 33.9. The first-order valence-corrected chi connectivity index (χ1v) is 22.6. The summed E-state index contributed by atoms with van der Waals surface area (Å²) in [5.74, 6) is -0.503. The molecule has 288 valence electrons. The monoisotopic (exact) mass is 736 g/mol. The minimum Gasteiger partial charge on any atom is -0.507 e. The molecule has 0 aliphatic carbocycles. The van der Waals surface area contributed by atoms with Crippen LogP contribution >= 0.6 is 10.3 Å². The Balaban J connectivity index is 2.29. The van der Waals surface area contributed by atoms with E-state index in [2.05, 4.69) is 96.1 Å². The maximum Gasteiger partial charge on any atom is 0.353 e. The number of phenolic OH excluding ortho intramolecular Hbond substituents is 1. The standard InChI is InChI=1S/C49H68O3S/c1-7-13-24-38-34-40(26-15-9-3)47(41(35-38)27-16-10-4)53(44-30-20-19-21-31-44,52-49(51)45-32-22-23-33-46(45)50)48-42(28-17-11-5)36-39(25-14-8-2)37-43(48)29-18-12-6/h19-23,30-37,50H,7-18,24-29H2,1-6H3. The van der Waals surface area contributed by atoms with E-state index in [1.165, 1.54) is 43.2 Å². The molecule has 0 heterocycles. The number of carbonyl (C=O) groups is 1. The summed E-state index contributed by atoms with van der Waals surface area (Å²) in [6.07, 6.45) is 19.1. The largest absolute Gasteiger partial charge is 0.507 e. The number of hydrogen-bond donors (Lipinski definition) is 1. The van der Waals surface area contributed by atoms with E-state index in [0.29, 0.717) is 0 Å². The lowest BCUT2D eigenvalue weighted by atomic mass is 9.96. The molecule has 0 bridgehead atoms. The summed E-state index contributed by atoms with van der Waals surface area (Å²) >= 11 is 0. The van der Waals surface area contributed by atoms with Gasteiger partial charge in [0.25, 0.3) is 0 Å². The molecule has 0 radical (unpaired) electrons. The summed E-state index contributed by atoms with van der Waals surface area (Å²) in [4.78, 5) is 18.5. The number of benzene rings is 4. The molecular formula is C49H68O3S. The normalized spacial score (nSPS) is 11.9. The van der Waals surface area contributed by atoms with Gasteiger partial charge < -0.3 is 9.29 Å². The van der Waals surface area contributed by atoms with Crippen LogP contribution in [0.5, 0.6) is 5.75 Å². The zero-order chi connectivity index (χ0) is 38.1. The number of rotatable bonds is 23. The van der Waals surface area contributed by atoms with E-state index < -0.39 is 16.3 Å². The Morgan fingerprint density at radius 1 is 0.509 bits per heavy atom. The Labute approximate surface area is 324 Å². The number of unbranched alkanes of at least 4 members (excludes halogenated alkanes) is 6. The van der Waals surface area contributed by atoms with Crippen LogP contribution in [0.25, 0.3) is 0 Å². The van der Waals surface area contributed by atoms with Gasteiger partial charge >= 0.3 is 5.97 Å². The molecule has 4 aromatic rings. The van der Waals surface area contributed by atoms with Gasteiger partial charge in [-0.2, -0.15) is 0 Å². The summed E-state index contributed by atoms with van der Waals surface area (Å²) in [5.41, 5.74) is 8.32. The van der Waals surface area contributed by atoms with Crippen molar-refractivity contribution in [2.24, 2.45) is 0 Å². The lowest BCUT2D eigenvalue weighted by molar-refractivity contribution is 0.0754. The molecule has 0 aliphatic rings. The van der Waals surface area contributed by atoms with Crippen molar-refractivity contribution in [3.63, 3.8) is 0 Å². The number of aromatic hydroxyl groups is 1. The molecule has 0 amide bonds.